The maximum absolute atomic E-state index is 13.6. The summed E-state index contributed by atoms with van der Waals surface area (Å²) in [6, 6.07) is 8.35. The highest BCUT2D eigenvalue weighted by molar-refractivity contribution is 5.39. The lowest BCUT2D eigenvalue weighted by Crippen LogP contribution is -2.09. The highest BCUT2D eigenvalue weighted by atomic mass is 19.1. The van der Waals surface area contributed by atoms with Gasteiger partial charge in [0.2, 0.25) is 5.88 Å². The van der Waals surface area contributed by atoms with E-state index in [9.17, 15) is 4.39 Å². The van der Waals surface area contributed by atoms with Gasteiger partial charge in [0.25, 0.3) is 0 Å². The van der Waals surface area contributed by atoms with E-state index in [4.69, 9.17) is 9.47 Å². The number of aromatic nitrogens is 2. The molecule has 5 nitrogen and oxygen atoms in total. The predicted octanol–water partition coefficient (Wildman–Crippen LogP) is 2.82. The molecule has 0 amide bonds. The monoisotopic (exact) mass is 305 g/mol. The van der Waals surface area contributed by atoms with Crippen LogP contribution < -0.4 is 10.1 Å². The first-order chi connectivity index (χ1) is 10.7. The van der Waals surface area contributed by atoms with Crippen LogP contribution in [0.15, 0.2) is 30.3 Å². The number of hydrogen-bond donors (Lipinski definition) is 1. The van der Waals surface area contributed by atoms with Crippen LogP contribution in [-0.4, -0.2) is 30.3 Å². The Hall–Kier alpha value is -2.21. The molecule has 22 heavy (non-hydrogen) atoms. The molecule has 118 valence electrons. The van der Waals surface area contributed by atoms with Gasteiger partial charge in [0.15, 0.2) is 0 Å². The summed E-state index contributed by atoms with van der Waals surface area (Å²) in [6.07, 6.45) is 0.690. The van der Waals surface area contributed by atoms with E-state index in [1.165, 1.54) is 6.07 Å². The van der Waals surface area contributed by atoms with Gasteiger partial charge >= 0.3 is 0 Å². The number of hydrogen-bond acceptors (Lipinski definition) is 5. The second-order valence-electron chi connectivity index (χ2n) is 4.65. The van der Waals surface area contributed by atoms with Crippen molar-refractivity contribution in [3.63, 3.8) is 0 Å². The van der Waals surface area contributed by atoms with Gasteiger partial charge in [-0.25, -0.2) is 9.37 Å². The molecule has 0 spiro atoms. The number of rotatable bonds is 8. The summed E-state index contributed by atoms with van der Waals surface area (Å²) in [7, 11) is 1.61. The zero-order valence-corrected chi connectivity index (χ0v) is 12.8. The van der Waals surface area contributed by atoms with Crippen molar-refractivity contribution in [3.05, 3.63) is 47.5 Å². The number of methoxy groups -OCH3 is 1. The van der Waals surface area contributed by atoms with Crippen LogP contribution in [0.3, 0.4) is 0 Å². The Balaban J connectivity index is 2.06. The Bertz CT molecular complexity index is 608. The molecule has 1 N–H and O–H groups in total. The lowest BCUT2D eigenvalue weighted by Gasteiger charge is -2.10. The summed E-state index contributed by atoms with van der Waals surface area (Å²) in [4.78, 5) is 8.66. The van der Waals surface area contributed by atoms with Gasteiger partial charge in [-0.2, -0.15) is 4.98 Å². The maximum Gasteiger partial charge on any atom is 0.218 e. The standard InChI is InChI=1S/C16H20FN3O2/c1-3-14-19-15(10-16(20-14)22-9-8-21-2)18-11-12-6-4-5-7-13(12)17/h4-7,10H,3,8-9,11H2,1-2H3,(H,18,19,20). The Morgan fingerprint density at radius 2 is 2.00 bits per heavy atom. The third-order valence-corrected chi connectivity index (χ3v) is 3.02. The van der Waals surface area contributed by atoms with Gasteiger partial charge in [0, 0.05) is 31.7 Å². The van der Waals surface area contributed by atoms with Gasteiger partial charge < -0.3 is 14.8 Å². The minimum absolute atomic E-state index is 0.240. The Labute approximate surface area is 129 Å². The van der Waals surface area contributed by atoms with Crippen LogP contribution in [0.5, 0.6) is 5.88 Å². The molecule has 6 heteroatoms. The van der Waals surface area contributed by atoms with Gasteiger partial charge in [0.05, 0.1) is 6.61 Å². The number of anilines is 1. The third-order valence-electron chi connectivity index (χ3n) is 3.02. The molecule has 0 aliphatic rings. The SMILES string of the molecule is CCc1nc(NCc2ccccc2F)cc(OCCOC)n1. The summed E-state index contributed by atoms with van der Waals surface area (Å²) in [5.41, 5.74) is 0.584. The second kappa shape index (κ2) is 8.29. The number of aryl methyl sites for hydroxylation is 1. The minimum atomic E-state index is -0.240. The molecule has 0 radical (unpaired) electrons. The van der Waals surface area contributed by atoms with Gasteiger partial charge in [-0.1, -0.05) is 25.1 Å². The highest BCUT2D eigenvalue weighted by Crippen LogP contribution is 2.16. The normalized spacial score (nSPS) is 10.5. The van der Waals surface area contributed by atoms with Crippen molar-refractivity contribution in [2.45, 2.75) is 19.9 Å². The third kappa shape index (κ3) is 4.66. The topological polar surface area (TPSA) is 56.3 Å². The van der Waals surface area contributed by atoms with E-state index in [2.05, 4.69) is 15.3 Å². The van der Waals surface area contributed by atoms with E-state index in [1.807, 2.05) is 6.92 Å². The van der Waals surface area contributed by atoms with Crippen molar-refractivity contribution < 1.29 is 13.9 Å². The molecule has 0 fully saturated rings. The first kappa shape index (κ1) is 16.2. The Morgan fingerprint density at radius 1 is 1.18 bits per heavy atom. The summed E-state index contributed by atoms with van der Waals surface area (Å²) in [5.74, 6) is 1.53. The van der Waals surface area contributed by atoms with E-state index in [0.29, 0.717) is 49.3 Å². The van der Waals surface area contributed by atoms with Gasteiger partial charge in [0.1, 0.15) is 24.1 Å². The van der Waals surface area contributed by atoms with Crippen LogP contribution in [0.25, 0.3) is 0 Å². The molecule has 0 atom stereocenters. The smallest absolute Gasteiger partial charge is 0.218 e. The predicted molar refractivity (Wildman–Crippen MR) is 82.5 cm³/mol. The van der Waals surface area contributed by atoms with Crippen molar-refractivity contribution in [2.75, 3.05) is 25.6 Å². The fourth-order valence-electron chi connectivity index (χ4n) is 1.85. The molecule has 2 rings (SSSR count). The van der Waals surface area contributed by atoms with E-state index < -0.39 is 0 Å². The van der Waals surface area contributed by atoms with Gasteiger partial charge in [-0.05, 0) is 6.07 Å². The number of ether oxygens (including phenoxy) is 2. The largest absolute Gasteiger partial charge is 0.475 e. The van der Waals surface area contributed by atoms with Crippen LogP contribution >= 0.6 is 0 Å². The fraction of sp³-hybridized carbons (Fsp3) is 0.375. The molecule has 0 aliphatic carbocycles. The number of benzene rings is 1. The molecular weight excluding hydrogens is 285 g/mol. The second-order valence-corrected chi connectivity index (χ2v) is 4.65. The summed E-state index contributed by atoms with van der Waals surface area (Å²) in [5, 5.41) is 3.10. The number of nitrogens with one attached hydrogen (secondary N) is 1. The van der Waals surface area contributed by atoms with Crippen LogP contribution in [0.4, 0.5) is 10.2 Å². The quantitative estimate of drug-likeness (QED) is 0.760. The van der Waals surface area contributed by atoms with E-state index in [-0.39, 0.29) is 5.82 Å². The van der Waals surface area contributed by atoms with E-state index in [1.54, 1.807) is 31.4 Å². The summed E-state index contributed by atoms with van der Waals surface area (Å²) < 4.78 is 24.1. The van der Waals surface area contributed by atoms with E-state index in [0.717, 1.165) is 0 Å². The lowest BCUT2D eigenvalue weighted by atomic mass is 10.2. The van der Waals surface area contributed by atoms with Crippen molar-refractivity contribution in [1.82, 2.24) is 9.97 Å². The van der Waals surface area contributed by atoms with Crippen molar-refractivity contribution in [3.8, 4) is 5.88 Å². The molecule has 1 heterocycles. The maximum atomic E-state index is 13.6. The zero-order valence-electron chi connectivity index (χ0n) is 12.8. The molecule has 0 aliphatic heterocycles. The van der Waals surface area contributed by atoms with Crippen LogP contribution in [0, 0.1) is 5.82 Å². The van der Waals surface area contributed by atoms with Gasteiger partial charge in [-0.15, -0.1) is 0 Å². The zero-order chi connectivity index (χ0) is 15.8. The Kier molecular flexibility index (Phi) is 6.09. The number of nitrogens with zero attached hydrogens (tertiary/aromatic N) is 2. The molecular formula is C16H20FN3O2. The van der Waals surface area contributed by atoms with Crippen molar-refractivity contribution in [2.24, 2.45) is 0 Å². The first-order valence-corrected chi connectivity index (χ1v) is 7.20. The Morgan fingerprint density at radius 3 is 2.73 bits per heavy atom. The van der Waals surface area contributed by atoms with Crippen molar-refractivity contribution >= 4 is 5.82 Å². The van der Waals surface area contributed by atoms with Crippen LogP contribution in [0.1, 0.15) is 18.3 Å². The summed E-state index contributed by atoms with van der Waals surface area (Å²) >= 11 is 0. The number of halogens is 1. The van der Waals surface area contributed by atoms with Crippen molar-refractivity contribution in [1.29, 1.82) is 0 Å². The average molecular weight is 305 g/mol. The molecule has 0 saturated carbocycles. The van der Waals surface area contributed by atoms with Crippen LogP contribution in [-0.2, 0) is 17.7 Å². The van der Waals surface area contributed by atoms with Gasteiger partial charge in [-0.3, -0.25) is 0 Å². The highest BCUT2D eigenvalue weighted by Gasteiger charge is 2.06. The molecule has 2 aromatic rings. The lowest BCUT2D eigenvalue weighted by molar-refractivity contribution is 0.143. The molecule has 0 unspecified atom stereocenters. The molecule has 0 bridgehead atoms. The molecule has 1 aromatic heterocycles. The average Bonchev–Trinajstić information content (AvgIpc) is 2.54. The van der Waals surface area contributed by atoms with Crippen LogP contribution in [0.2, 0.25) is 0 Å². The fourth-order valence-corrected chi connectivity index (χ4v) is 1.85. The molecule has 0 saturated heterocycles. The van der Waals surface area contributed by atoms with E-state index >= 15 is 0 Å². The molecule has 1 aromatic carbocycles. The first-order valence-electron chi connectivity index (χ1n) is 7.20. The summed E-state index contributed by atoms with van der Waals surface area (Å²) in [6.45, 7) is 3.23. The minimum Gasteiger partial charge on any atom is -0.475 e.